The normalized spacial score (nSPS) is 12.4. The molecule has 2 aromatic heterocycles. The summed E-state index contributed by atoms with van der Waals surface area (Å²) in [6.45, 7) is 2.49. The molecule has 6 heteroatoms. The minimum Gasteiger partial charge on any atom is -0.377 e. The van der Waals surface area contributed by atoms with Crippen LogP contribution in [0.3, 0.4) is 0 Å². The molecule has 4 nitrogen and oxygen atoms in total. The van der Waals surface area contributed by atoms with Gasteiger partial charge in [-0.2, -0.15) is 0 Å². The van der Waals surface area contributed by atoms with E-state index in [0.29, 0.717) is 17.6 Å². The molecule has 0 radical (unpaired) electrons. The summed E-state index contributed by atoms with van der Waals surface area (Å²) in [5.74, 6) is 1.39. The van der Waals surface area contributed by atoms with Crippen LogP contribution in [-0.4, -0.2) is 24.1 Å². The number of methoxy groups -OCH3 is 1. The van der Waals surface area contributed by atoms with E-state index in [2.05, 4.69) is 33.2 Å². The summed E-state index contributed by atoms with van der Waals surface area (Å²) in [6.07, 6.45) is 0. The van der Waals surface area contributed by atoms with Gasteiger partial charge in [0.25, 0.3) is 0 Å². The van der Waals surface area contributed by atoms with E-state index in [4.69, 9.17) is 16.3 Å². The van der Waals surface area contributed by atoms with Crippen LogP contribution in [0.1, 0.15) is 23.7 Å². The molecule has 0 aromatic carbocycles. The highest BCUT2D eigenvalue weighted by atomic mass is 35.5. The predicted octanol–water partition coefficient (Wildman–Crippen LogP) is 3.54. The van der Waals surface area contributed by atoms with Crippen molar-refractivity contribution in [1.82, 2.24) is 9.97 Å². The Morgan fingerprint density at radius 1 is 1.47 bits per heavy atom. The number of thiophene rings is 1. The number of anilines is 1. The predicted molar refractivity (Wildman–Crippen MR) is 78.9 cm³/mol. The van der Waals surface area contributed by atoms with Crippen LogP contribution in [0.15, 0.2) is 23.6 Å². The van der Waals surface area contributed by atoms with Gasteiger partial charge in [0.2, 0.25) is 0 Å². The van der Waals surface area contributed by atoms with Crippen molar-refractivity contribution in [3.05, 3.63) is 39.4 Å². The highest BCUT2D eigenvalue weighted by molar-refractivity contribution is 7.10. The molecular formula is C13H16ClN3OS. The second-order valence-corrected chi connectivity index (χ2v) is 5.57. The van der Waals surface area contributed by atoms with Crippen molar-refractivity contribution in [2.75, 3.05) is 19.1 Å². The van der Waals surface area contributed by atoms with E-state index < -0.39 is 0 Å². The molecule has 2 rings (SSSR count). The number of hydrogen-bond donors (Lipinski definition) is 0. The lowest BCUT2D eigenvalue weighted by atomic mass is 10.2. The van der Waals surface area contributed by atoms with Gasteiger partial charge >= 0.3 is 0 Å². The van der Waals surface area contributed by atoms with E-state index in [-0.39, 0.29) is 6.04 Å². The average molecular weight is 298 g/mol. The largest absolute Gasteiger partial charge is 0.377 e. The van der Waals surface area contributed by atoms with Crippen molar-refractivity contribution < 1.29 is 4.74 Å². The summed E-state index contributed by atoms with van der Waals surface area (Å²) in [7, 11) is 3.61. The molecule has 0 saturated heterocycles. The van der Waals surface area contributed by atoms with Crippen molar-refractivity contribution in [2.24, 2.45) is 0 Å². The lowest BCUT2D eigenvalue weighted by Gasteiger charge is -2.25. The molecule has 19 heavy (non-hydrogen) atoms. The molecule has 0 amide bonds. The molecule has 1 unspecified atom stereocenters. The van der Waals surface area contributed by atoms with E-state index >= 15 is 0 Å². The average Bonchev–Trinajstić information content (AvgIpc) is 2.90. The number of hydrogen-bond acceptors (Lipinski definition) is 5. The van der Waals surface area contributed by atoms with Gasteiger partial charge in [-0.3, -0.25) is 0 Å². The minimum atomic E-state index is 0.237. The maximum Gasteiger partial charge on any atom is 0.158 e. The lowest BCUT2D eigenvalue weighted by molar-refractivity contribution is 0.178. The van der Waals surface area contributed by atoms with Gasteiger partial charge in [0.1, 0.15) is 17.6 Å². The number of nitrogens with zero attached hydrogens (tertiary/aromatic N) is 3. The van der Waals surface area contributed by atoms with E-state index in [0.717, 1.165) is 5.82 Å². The highest BCUT2D eigenvalue weighted by Gasteiger charge is 2.16. The first-order valence-corrected chi connectivity index (χ1v) is 7.16. The molecule has 102 valence electrons. The molecular weight excluding hydrogens is 282 g/mol. The fourth-order valence-corrected chi connectivity index (χ4v) is 2.77. The molecule has 0 aliphatic heterocycles. The van der Waals surface area contributed by atoms with Crippen molar-refractivity contribution in [2.45, 2.75) is 19.6 Å². The Morgan fingerprint density at radius 3 is 2.89 bits per heavy atom. The maximum atomic E-state index is 6.03. The zero-order valence-electron chi connectivity index (χ0n) is 11.1. The summed E-state index contributed by atoms with van der Waals surface area (Å²) in [6, 6.07) is 6.17. The molecule has 0 aliphatic rings. The third kappa shape index (κ3) is 3.43. The van der Waals surface area contributed by atoms with Crippen LogP contribution in [0.2, 0.25) is 5.15 Å². The summed E-state index contributed by atoms with van der Waals surface area (Å²) in [4.78, 5) is 12.0. The van der Waals surface area contributed by atoms with Gasteiger partial charge in [-0.15, -0.1) is 11.3 Å². The maximum absolute atomic E-state index is 6.03. The summed E-state index contributed by atoms with van der Waals surface area (Å²) >= 11 is 7.76. The quantitative estimate of drug-likeness (QED) is 0.791. The van der Waals surface area contributed by atoms with Crippen LogP contribution in [-0.2, 0) is 11.3 Å². The van der Waals surface area contributed by atoms with E-state index in [1.807, 2.05) is 13.1 Å². The van der Waals surface area contributed by atoms with Crippen LogP contribution in [0.25, 0.3) is 0 Å². The fraction of sp³-hybridized carbons (Fsp3) is 0.385. The van der Waals surface area contributed by atoms with Crippen molar-refractivity contribution in [3.63, 3.8) is 0 Å². The zero-order valence-corrected chi connectivity index (χ0v) is 12.7. The van der Waals surface area contributed by atoms with Gasteiger partial charge in [-0.05, 0) is 18.4 Å². The standard InChI is InChI=1S/C13H16ClN3OS/c1-9(10-5-4-6-19-10)17(2)13-7-11(14)15-12(16-13)8-18-3/h4-7,9H,8H2,1-3H3. The van der Waals surface area contributed by atoms with Crippen LogP contribution in [0.4, 0.5) is 5.82 Å². The molecule has 0 N–H and O–H groups in total. The first kappa shape index (κ1) is 14.2. The summed E-state index contributed by atoms with van der Waals surface area (Å²) in [5.41, 5.74) is 0. The number of ether oxygens (including phenoxy) is 1. The van der Waals surface area contributed by atoms with Crippen molar-refractivity contribution in [1.29, 1.82) is 0 Å². The Balaban J connectivity index is 2.25. The lowest BCUT2D eigenvalue weighted by Crippen LogP contribution is -2.22. The van der Waals surface area contributed by atoms with Crippen LogP contribution >= 0.6 is 22.9 Å². The number of rotatable bonds is 5. The number of aromatic nitrogens is 2. The van der Waals surface area contributed by atoms with E-state index in [9.17, 15) is 0 Å². The molecule has 0 aliphatic carbocycles. The molecule has 0 fully saturated rings. The minimum absolute atomic E-state index is 0.237. The van der Waals surface area contributed by atoms with Gasteiger partial charge in [0.05, 0.1) is 6.04 Å². The van der Waals surface area contributed by atoms with E-state index in [1.165, 1.54) is 4.88 Å². The summed E-state index contributed by atoms with van der Waals surface area (Å²) in [5, 5.41) is 2.51. The first-order valence-electron chi connectivity index (χ1n) is 5.90. The monoisotopic (exact) mass is 297 g/mol. The van der Waals surface area contributed by atoms with Gasteiger partial charge in [0, 0.05) is 25.1 Å². The third-order valence-corrected chi connectivity index (χ3v) is 4.13. The second kappa shape index (κ2) is 6.32. The first-order chi connectivity index (χ1) is 9.11. The smallest absolute Gasteiger partial charge is 0.158 e. The molecule has 2 heterocycles. The van der Waals surface area contributed by atoms with Gasteiger partial charge in [-0.1, -0.05) is 17.7 Å². The Morgan fingerprint density at radius 2 is 2.26 bits per heavy atom. The van der Waals surface area contributed by atoms with E-state index in [1.54, 1.807) is 24.5 Å². The zero-order chi connectivity index (χ0) is 13.8. The molecule has 0 saturated carbocycles. The van der Waals surface area contributed by atoms with Crippen molar-refractivity contribution >= 4 is 28.8 Å². The number of halogens is 1. The van der Waals surface area contributed by atoms with Crippen molar-refractivity contribution in [3.8, 4) is 0 Å². The van der Waals surface area contributed by atoms with Crippen LogP contribution < -0.4 is 4.90 Å². The molecule has 0 spiro atoms. The van der Waals surface area contributed by atoms with Gasteiger partial charge < -0.3 is 9.64 Å². The fourth-order valence-electron chi connectivity index (χ4n) is 1.74. The van der Waals surface area contributed by atoms with Gasteiger partial charge in [0.15, 0.2) is 5.82 Å². The second-order valence-electron chi connectivity index (χ2n) is 4.20. The van der Waals surface area contributed by atoms with Gasteiger partial charge in [-0.25, -0.2) is 9.97 Å². The van der Waals surface area contributed by atoms with Crippen LogP contribution in [0, 0.1) is 0 Å². The molecule has 0 bridgehead atoms. The SMILES string of the molecule is COCc1nc(Cl)cc(N(C)C(C)c2cccs2)n1. The Kier molecular flexibility index (Phi) is 4.74. The Bertz CT molecular complexity index is 533. The Hall–Kier alpha value is -1.17. The Labute approximate surface area is 122 Å². The summed E-state index contributed by atoms with van der Waals surface area (Å²) < 4.78 is 5.05. The third-order valence-electron chi connectivity index (χ3n) is 2.90. The topological polar surface area (TPSA) is 38.2 Å². The van der Waals surface area contributed by atoms with Crippen LogP contribution in [0.5, 0.6) is 0 Å². The molecule has 1 atom stereocenters. The molecule has 2 aromatic rings. The highest BCUT2D eigenvalue weighted by Crippen LogP contribution is 2.28.